The van der Waals surface area contributed by atoms with Crippen molar-refractivity contribution in [2.45, 2.75) is 39.5 Å². The molecule has 8 rings (SSSR count). The molecule has 0 saturated carbocycles. The van der Waals surface area contributed by atoms with E-state index in [1.54, 1.807) is 0 Å². The number of hydrogen-bond donors (Lipinski definition) is 0. The third kappa shape index (κ3) is 4.22. The lowest BCUT2D eigenvalue weighted by atomic mass is 9.92. The van der Waals surface area contributed by atoms with Gasteiger partial charge in [-0.15, -0.1) is 11.3 Å². The van der Waals surface area contributed by atoms with Gasteiger partial charge in [-0.2, -0.15) is 0 Å². The minimum absolute atomic E-state index is 0.453. The first-order chi connectivity index (χ1) is 21.0. The second kappa shape index (κ2) is 10.00. The first-order valence-electron chi connectivity index (χ1n) is 15.1. The Morgan fingerprint density at radius 2 is 1.19 bits per heavy atom. The molecule has 2 aromatic heterocycles. The summed E-state index contributed by atoms with van der Waals surface area (Å²) >= 11 is 1.87. The zero-order valence-corrected chi connectivity index (χ0v) is 25.7. The summed E-state index contributed by atoms with van der Waals surface area (Å²) in [5, 5.41) is 7.48. The van der Waals surface area contributed by atoms with Gasteiger partial charge in [0.2, 0.25) is 0 Å². The van der Waals surface area contributed by atoms with Crippen molar-refractivity contribution in [3.05, 3.63) is 120 Å². The Morgan fingerprint density at radius 1 is 0.535 bits per heavy atom. The molecule has 2 nitrogen and oxygen atoms in total. The van der Waals surface area contributed by atoms with Crippen LogP contribution in [0.15, 0.2) is 109 Å². The number of nitrogens with zero attached hydrogens (tertiary/aromatic N) is 2. The van der Waals surface area contributed by atoms with Crippen molar-refractivity contribution in [1.82, 2.24) is 9.97 Å². The third-order valence-electron chi connectivity index (χ3n) is 8.87. The van der Waals surface area contributed by atoms with E-state index >= 15 is 0 Å². The predicted octanol–water partition coefficient (Wildman–Crippen LogP) is 11.9. The van der Waals surface area contributed by atoms with E-state index < -0.39 is 0 Å². The first kappa shape index (κ1) is 26.1. The normalized spacial score (nSPS) is 12.1. The SMILES string of the molecule is CC(C)c1ccc2c(c1)c1cc(C(C)C)ccc1c1nc(-c3cccc(-c4cccc5c4sc4ccccc45)c3)cnc21. The number of hydrogen-bond acceptors (Lipinski definition) is 3. The highest BCUT2D eigenvalue weighted by Crippen LogP contribution is 2.41. The fourth-order valence-corrected chi connectivity index (χ4v) is 7.67. The van der Waals surface area contributed by atoms with Gasteiger partial charge in [0.05, 0.1) is 22.9 Å². The molecular formula is C40H32N2S. The van der Waals surface area contributed by atoms with Crippen LogP contribution < -0.4 is 0 Å². The van der Waals surface area contributed by atoms with Crippen LogP contribution in [0.3, 0.4) is 0 Å². The molecule has 0 aliphatic heterocycles. The van der Waals surface area contributed by atoms with E-state index in [1.165, 1.54) is 53.2 Å². The van der Waals surface area contributed by atoms with Gasteiger partial charge in [-0.25, -0.2) is 4.98 Å². The molecule has 2 heterocycles. The minimum atomic E-state index is 0.453. The van der Waals surface area contributed by atoms with E-state index in [0.717, 1.165) is 33.1 Å². The summed E-state index contributed by atoms with van der Waals surface area (Å²) in [5.74, 6) is 0.913. The van der Waals surface area contributed by atoms with E-state index in [9.17, 15) is 0 Å². The van der Waals surface area contributed by atoms with Crippen molar-refractivity contribution in [2.75, 3.05) is 0 Å². The highest BCUT2D eigenvalue weighted by Gasteiger charge is 2.16. The molecule has 0 spiro atoms. The standard InChI is InChI=1S/C40H32N2S/c1-23(2)25-15-17-31-34(20-25)35-21-26(24(3)4)16-18-32(35)39-38(31)41-22-36(42-39)28-10-7-9-27(19-28)29-12-8-13-33-30-11-5-6-14-37(30)43-40(29)33/h5-24H,1-4H3. The fourth-order valence-electron chi connectivity index (χ4n) is 6.43. The summed E-state index contributed by atoms with van der Waals surface area (Å²) in [4.78, 5) is 10.4. The maximum absolute atomic E-state index is 5.33. The molecule has 0 aliphatic rings. The Morgan fingerprint density at radius 3 is 1.93 bits per heavy atom. The lowest BCUT2D eigenvalue weighted by molar-refractivity contribution is 0.868. The Balaban J connectivity index is 1.33. The smallest absolute Gasteiger partial charge is 0.0979 e. The second-order valence-corrected chi connectivity index (χ2v) is 13.3. The van der Waals surface area contributed by atoms with Crippen LogP contribution in [-0.4, -0.2) is 9.97 Å². The zero-order chi connectivity index (χ0) is 29.2. The Labute approximate surface area is 255 Å². The van der Waals surface area contributed by atoms with E-state index in [2.05, 4.69) is 131 Å². The summed E-state index contributed by atoms with van der Waals surface area (Å²) in [6, 6.07) is 37.8. The molecule has 0 amide bonds. The van der Waals surface area contributed by atoms with Gasteiger partial charge in [0, 0.05) is 36.5 Å². The largest absolute Gasteiger partial charge is 0.252 e. The van der Waals surface area contributed by atoms with Crippen LogP contribution in [0.4, 0.5) is 0 Å². The van der Waals surface area contributed by atoms with Gasteiger partial charge in [-0.1, -0.05) is 119 Å². The van der Waals surface area contributed by atoms with E-state index in [0.29, 0.717) is 11.8 Å². The average molecular weight is 573 g/mol. The molecular weight excluding hydrogens is 541 g/mol. The second-order valence-electron chi connectivity index (χ2n) is 12.2. The molecule has 6 aromatic carbocycles. The minimum Gasteiger partial charge on any atom is -0.252 e. The molecule has 0 unspecified atom stereocenters. The van der Waals surface area contributed by atoms with Crippen molar-refractivity contribution < 1.29 is 0 Å². The summed E-state index contributed by atoms with van der Waals surface area (Å²) < 4.78 is 2.64. The molecule has 43 heavy (non-hydrogen) atoms. The summed E-state index contributed by atoms with van der Waals surface area (Å²) in [6.45, 7) is 9.03. The van der Waals surface area contributed by atoms with Crippen molar-refractivity contribution in [3.63, 3.8) is 0 Å². The Kier molecular flexibility index (Phi) is 6.06. The lowest BCUT2D eigenvalue weighted by Gasteiger charge is -2.15. The molecule has 0 atom stereocenters. The van der Waals surface area contributed by atoms with Crippen molar-refractivity contribution in [3.8, 4) is 22.4 Å². The molecule has 0 fully saturated rings. The summed E-state index contributed by atoms with van der Waals surface area (Å²) in [5.41, 5.74) is 9.04. The molecule has 8 aromatic rings. The Bertz CT molecular complexity index is 2360. The lowest BCUT2D eigenvalue weighted by Crippen LogP contribution is -1.95. The van der Waals surface area contributed by atoms with Crippen molar-refractivity contribution in [2.24, 2.45) is 0 Å². The molecule has 0 aliphatic carbocycles. The highest BCUT2D eigenvalue weighted by atomic mass is 32.1. The number of aromatic nitrogens is 2. The van der Waals surface area contributed by atoms with Crippen LogP contribution in [0.2, 0.25) is 0 Å². The summed E-state index contributed by atoms with van der Waals surface area (Å²) in [7, 11) is 0. The van der Waals surface area contributed by atoms with Gasteiger partial charge in [-0.05, 0) is 57.0 Å². The van der Waals surface area contributed by atoms with Crippen LogP contribution in [0, 0.1) is 0 Å². The number of thiophene rings is 1. The van der Waals surface area contributed by atoms with Gasteiger partial charge in [0.25, 0.3) is 0 Å². The fraction of sp³-hybridized carbons (Fsp3) is 0.150. The average Bonchev–Trinajstić information content (AvgIpc) is 3.43. The molecule has 0 saturated heterocycles. The van der Waals surface area contributed by atoms with Crippen LogP contribution >= 0.6 is 11.3 Å². The number of rotatable bonds is 4. The topological polar surface area (TPSA) is 25.8 Å². The van der Waals surface area contributed by atoms with Crippen molar-refractivity contribution in [1.29, 1.82) is 0 Å². The van der Waals surface area contributed by atoms with Crippen LogP contribution in [0.5, 0.6) is 0 Å². The monoisotopic (exact) mass is 572 g/mol. The quantitative estimate of drug-likeness (QED) is 0.196. The van der Waals surface area contributed by atoms with Crippen LogP contribution in [0.1, 0.15) is 50.7 Å². The van der Waals surface area contributed by atoms with Gasteiger partial charge in [-0.3, -0.25) is 4.98 Å². The van der Waals surface area contributed by atoms with E-state index in [1.807, 2.05) is 17.5 Å². The zero-order valence-electron chi connectivity index (χ0n) is 24.8. The molecule has 0 bridgehead atoms. The first-order valence-corrected chi connectivity index (χ1v) is 15.9. The predicted molar refractivity (Wildman–Crippen MR) is 186 cm³/mol. The van der Waals surface area contributed by atoms with Gasteiger partial charge in [0.1, 0.15) is 0 Å². The molecule has 0 N–H and O–H groups in total. The van der Waals surface area contributed by atoms with Crippen LogP contribution in [0.25, 0.3) is 75.1 Å². The highest BCUT2D eigenvalue weighted by molar-refractivity contribution is 7.26. The maximum Gasteiger partial charge on any atom is 0.0979 e. The van der Waals surface area contributed by atoms with Gasteiger partial charge >= 0.3 is 0 Å². The van der Waals surface area contributed by atoms with E-state index in [4.69, 9.17) is 9.97 Å². The third-order valence-corrected chi connectivity index (χ3v) is 10.1. The summed E-state index contributed by atoms with van der Waals surface area (Å²) in [6.07, 6.45) is 1.95. The number of benzene rings is 6. The molecule has 208 valence electrons. The van der Waals surface area contributed by atoms with Gasteiger partial charge in [0.15, 0.2) is 0 Å². The van der Waals surface area contributed by atoms with E-state index in [-0.39, 0.29) is 0 Å². The Hall–Kier alpha value is -4.60. The van der Waals surface area contributed by atoms with Gasteiger partial charge < -0.3 is 0 Å². The maximum atomic E-state index is 5.33. The van der Waals surface area contributed by atoms with Crippen LogP contribution in [-0.2, 0) is 0 Å². The molecule has 3 heteroatoms. The molecule has 0 radical (unpaired) electrons. The number of fused-ring (bicyclic) bond motifs is 9. The van der Waals surface area contributed by atoms with Crippen molar-refractivity contribution >= 4 is 64.1 Å².